The lowest BCUT2D eigenvalue weighted by Crippen LogP contribution is -2.00. The average molecular weight is 370 g/mol. The summed E-state index contributed by atoms with van der Waals surface area (Å²) in [6.45, 7) is 1.75. The Labute approximate surface area is 164 Å². The SMILES string of the molecule is COC(=O)c1ccc(C#CC=Cc2c(-c3ccccc3)ccc(C)c2F)cc1. The van der Waals surface area contributed by atoms with Crippen molar-refractivity contribution in [2.45, 2.75) is 6.92 Å². The van der Waals surface area contributed by atoms with E-state index in [0.717, 1.165) is 16.7 Å². The molecule has 28 heavy (non-hydrogen) atoms. The van der Waals surface area contributed by atoms with Crippen molar-refractivity contribution in [3.8, 4) is 23.0 Å². The topological polar surface area (TPSA) is 26.3 Å². The smallest absolute Gasteiger partial charge is 0.337 e. The quantitative estimate of drug-likeness (QED) is 0.440. The van der Waals surface area contributed by atoms with Crippen molar-refractivity contribution >= 4 is 12.0 Å². The predicted molar refractivity (Wildman–Crippen MR) is 110 cm³/mol. The fourth-order valence-electron chi connectivity index (χ4n) is 2.79. The molecule has 0 spiro atoms. The zero-order valence-corrected chi connectivity index (χ0v) is 15.7. The Morgan fingerprint density at radius 1 is 1.00 bits per heavy atom. The van der Waals surface area contributed by atoms with Crippen molar-refractivity contribution in [2.75, 3.05) is 7.11 Å². The van der Waals surface area contributed by atoms with Crippen LogP contribution in [0.2, 0.25) is 0 Å². The summed E-state index contributed by atoms with van der Waals surface area (Å²) in [4.78, 5) is 11.4. The van der Waals surface area contributed by atoms with Crippen molar-refractivity contribution in [3.63, 3.8) is 0 Å². The molecule has 2 nitrogen and oxygen atoms in total. The van der Waals surface area contributed by atoms with Crippen LogP contribution in [0, 0.1) is 24.6 Å². The van der Waals surface area contributed by atoms with Crippen LogP contribution in [0.15, 0.2) is 72.8 Å². The molecule has 0 bridgehead atoms. The number of halogens is 1. The van der Waals surface area contributed by atoms with Gasteiger partial charge in [-0.3, -0.25) is 0 Å². The lowest BCUT2D eigenvalue weighted by atomic mass is 9.97. The molecule has 0 saturated heterocycles. The maximum absolute atomic E-state index is 14.7. The Bertz CT molecular complexity index is 1070. The first-order chi connectivity index (χ1) is 13.6. The molecule has 0 aliphatic heterocycles. The second-order valence-electron chi connectivity index (χ2n) is 6.20. The minimum Gasteiger partial charge on any atom is -0.465 e. The monoisotopic (exact) mass is 370 g/mol. The summed E-state index contributed by atoms with van der Waals surface area (Å²) in [6, 6.07) is 20.2. The van der Waals surface area contributed by atoms with Gasteiger partial charge in [-0.2, -0.15) is 0 Å². The molecule has 0 amide bonds. The summed E-state index contributed by atoms with van der Waals surface area (Å²) in [7, 11) is 1.34. The molecule has 0 radical (unpaired) electrons. The number of allylic oxidation sites excluding steroid dienone is 1. The van der Waals surface area contributed by atoms with E-state index in [1.54, 1.807) is 49.4 Å². The lowest BCUT2D eigenvalue weighted by Gasteiger charge is -2.09. The summed E-state index contributed by atoms with van der Waals surface area (Å²) in [6.07, 6.45) is 3.33. The molecule has 0 aliphatic rings. The number of ether oxygens (including phenoxy) is 1. The zero-order valence-electron chi connectivity index (χ0n) is 15.7. The van der Waals surface area contributed by atoms with Crippen LogP contribution in [0.4, 0.5) is 4.39 Å². The second kappa shape index (κ2) is 8.83. The van der Waals surface area contributed by atoms with Crippen molar-refractivity contribution in [3.05, 3.63) is 101 Å². The number of esters is 1. The number of hydrogen-bond donors (Lipinski definition) is 0. The molecular weight excluding hydrogens is 351 g/mol. The van der Waals surface area contributed by atoms with Gasteiger partial charge in [0, 0.05) is 11.1 Å². The molecule has 3 heteroatoms. The molecule has 0 heterocycles. The molecule has 138 valence electrons. The molecule has 3 aromatic rings. The van der Waals surface area contributed by atoms with E-state index in [0.29, 0.717) is 16.7 Å². The van der Waals surface area contributed by atoms with Gasteiger partial charge in [0.25, 0.3) is 0 Å². The van der Waals surface area contributed by atoms with Crippen LogP contribution in [-0.2, 0) is 4.74 Å². The summed E-state index contributed by atoms with van der Waals surface area (Å²) >= 11 is 0. The van der Waals surface area contributed by atoms with Gasteiger partial charge in [0.05, 0.1) is 12.7 Å². The summed E-state index contributed by atoms with van der Waals surface area (Å²) in [5.74, 6) is 5.27. The first kappa shape index (κ1) is 19.1. The van der Waals surface area contributed by atoms with E-state index in [1.807, 2.05) is 36.4 Å². The van der Waals surface area contributed by atoms with E-state index < -0.39 is 0 Å². The van der Waals surface area contributed by atoms with Gasteiger partial charge in [-0.15, -0.1) is 0 Å². The highest BCUT2D eigenvalue weighted by molar-refractivity contribution is 5.89. The maximum Gasteiger partial charge on any atom is 0.337 e. The fraction of sp³-hybridized carbons (Fsp3) is 0.0800. The Kier molecular flexibility index (Phi) is 6.04. The molecule has 0 aliphatic carbocycles. The minimum atomic E-state index is -0.386. The summed E-state index contributed by atoms with van der Waals surface area (Å²) < 4.78 is 19.4. The first-order valence-electron chi connectivity index (χ1n) is 8.81. The molecule has 3 rings (SSSR count). The molecular formula is C25H19FO2. The molecule has 0 fully saturated rings. The van der Waals surface area contributed by atoms with Crippen LogP contribution in [0.25, 0.3) is 17.2 Å². The largest absolute Gasteiger partial charge is 0.465 e. The van der Waals surface area contributed by atoms with Crippen molar-refractivity contribution < 1.29 is 13.9 Å². The first-order valence-corrected chi connectivity index (χ1v) is 8.81. The highest BCUT2D eigenvalue weighted by atomic mass is 19.1. The maximum atomic E-state index is 14.7. The summed E-state index contributed by atoms with van der Waals surface area (Å²) in [5, 5.41) is 0. The van der Waals surface area contributed by atoms with Crippen LogP contribution >= 0.6 is 0 Å². The van der Waals surface area contributed by atoms with Gasteiger partial charge < -0.3 is 4.74 Å². The molecule has 0 N–H and O–H groups in total. The Hall–Kier alpha value is -3.64. The van der Waals surface area contributed by atoms with Gasteiger partial charge in [-0.25, -0.2) is 9.18 Å². The van der Waals surface area contributed by atoms with Crippen LogP contribution < -0.4 is 0 Å². The van der Waals surface area contributed by atoms with Gasteiger partial charge in [0.15, 0.2) is 0 Å². The van der Waals surface area contributed by atoms with Gasteiger partial charge in [-0.1, -0.05) is 54.3 Å². The number of hydrogen-bond acceptors (Lipinski definition) is 2. The number of benzene rings is 3. The summed E-state index contributed by atoms with van der Waals surface area (Å²) in [5.41, 5.74) is 4.10. The number of aryl methyl sites for hydroxylation is 1. The van der Waals surface area contributed by atoms with Gasteiger partial charge in [0.1, 0.15) is 5.82 Å². The third-order valence-electron chi connectivity index (χ3n) is 4.31. The van der Waals surface area contributed by atoms with E-state index in [-0.39, 0.29) is 11.8 Å². The third-order valence-corrected chi connectivity index (χ3v) is 4.31. The van der Waals surface area contributed by atoms with Crippen LogP contribution in [0.1, 0.15) is 27.0 Å². The average Bonchev–Trinajstić information content (AvgIpc) is 2.74. The third kappa shape index (κ3) is 4.36. The predicted octanol–water partition coefficient (Wildman–Crippen LogP) is 5.65. The van der Waals surface area contributed by atoms with Crippen molar-refractivity contribution in [1.82, 2.24) is 0 Å². The van der Waals surface area contributed by atoms with E-state index in [2.05, 4.69) is 16.6 Å². The number of carbonyl (C=O) groups excluding carboxylic acids is 1. The van der Waals surface area contributed by atoms with E-state index in [1.165, 1.54) is 7.11 Å². The van der Waals surface area contributed by atoms with E-state index >= 15 is 0 Å². The highest BCUT2D eigenvalue weighted by Crippen LogP contribution is 2.28. The van der Waals surface area contributed by atoms with Crippen LogP contribution in [-0.4, -0.2) is 13.1 Å². The lowest BCUT2D eigenvalue weighted by molar-refractivity contribution is 0.0600. The number of methoxy groups -OCH3 is 1. The standard InChI is InChI=1S/C25H19FO2/c1-18-12-17-22(20-9-4-3-5-10-20)23(24(18)26)11-7-6-8-19-13-15-21(16-14-19)25(27)28-2/h3-5,7,9-17H,1-2H3. The normalized spacial score (nSPS) is 10.4. The van der Waals surface area contributed by atoms with Crippen molar-refractivity contribution in [1.29, 1.82) is 0 Å². The zero-order chi connectivity index (χ0) is 19.9. The Morgan fingerprint density at radius 3 is 2.39 bits per heavy atom. The molecule has 3 aromatic carbocycles. The van der Waals surface area contributed by atoms with E-state index in [9.17, 15) is 9.18 Å². The molecule has 0 saturated carbocycles. The molecule has 0 aromatic heterocycles. The number of carbonyl (C=O) groups is 1. The van der Waals surface area contributed by atoms with Crippen molar-refractivity contribution in [2.24, 2.45) is 0 Å². The Morgan fingerprint density at radius 2 is 1.71 bits per heavy atom. The number of rotatable bonds is 3. The van der Waals surface area contributed by atoms with Gasteiger partial charge in [0.2, 0.25) is 0 Å². The van der Waals surface area contributed by atoms with Crippen LogP contribution in [0.5, 0.6) is 0 Å². The van der Waals surface area contributed by atoms with Gasteiger partial charge in [-0.05, 0) is 60.0 Å². The minimum absolute atomic E-state index is 0.248. The fourth-order valence-corrected chi connectivity index (χ4v) is 2.79. The van der Waals surface area contributed by atoms with Gasteiger partial charge >= 0.3 is 5.97 Å². The molecule has 0 unspecified atom stereocenters. The Balaban J connectivity index is 1.87. The molecule has 0 atom stereocenters. The van der Waals surface area contributed by atoms with Crippen LogP contribution in [0.3, 0.4) is 0 Å². The van der Waals surface area contributed by atoms with E-state index in [4.69, 9.17) is 0 Å². The second-order valence-corrected chi connectivity index (χ2v) is 6.20. The highest BCUT2D eigenvalue weighted by Gasteiger charge is 2.10.